The molecule has 1 aromatic carbocycles. The number of rotatable bonds is 6. The van der Waals surface area contributed by atoms with Crippen molar-refractivity contribution in [1.29, 1.82) is 0 Å². The highest BCUT2D eigenvalue weighted by atomic mass is 19.1. The van der Waals surface area contributed by atoms with E-state index in [9.17, 15) is 23.9 Å². The molecule has 35 heavy (non-hydrogen) atoms. The van der Waals surface area contributed by atoms with Crippen molar-refractivity contribution in [1.82, 2.24) is 14.7 Å². The number of pyridine rings is 1. The van der Waals surface area contributed by atoms with Crippen LogP contribution in [0.5, 0.6) is 5.75 Å². The predicted octanol–water partition coefficient (Wildman–Crippen LogP) is 1.72. The van der Waals surface area contributed by atoms with Crippen molar-refractivity contribution < 1.29 is 23.8 Å². The van der Waals surface area contributed by atoms with Gasteiger partial charge in [-0.1, -0.05) is 12.1 Å². The van der Waals surface area contributed by atoms with Crippen LogP contribution in [0.25, 0.3) is 5.65 Å². The van der Waals surface area contributed by atoms with E-state index in [1.165, 1.54) is 21.4 Å². The first kappa shape index (κ1) is 22.8. The Labute approximate surface area is 199 Å². The lowest BCUT2D eigenvalue weighted by atomic mass is 10.1. The molecule has 0 saturated carbocycles. The normalized spacial score (nSPS) is 16.1. The molecule has 2 aromatic heterocycles. The topological polar surface area (TPSA) is 116 Å². The number of aromatic nitrogens is 2. The van der Waals surface area contributed by atoms with E-state index in [1.807, 2.05) is 0 Å². The van der Waals surface area contributed by atoms with Crippen LogP contribution in [0.15, 0.2) is 41.3 Å². The number of hydrogen-bond acceptors (Lipinski definition) is 8. The number of anilines is 2. The van der Waals surface area contributed by atoms with E-state index >= 15 is 0 Å². The number of halogens is 1. The molecular formula is C24H24FN5O5. The van der Waals surface area contributed by atoms with Gasteiger partial charge in [0.15, 0.2) is 17.1 Å². The van der Waals surface area contributed by atoms with Crippen LogP contribution in [-0.2, 0) is 11.2 Å². The molecule has 4 heterocycles. The van der Waals surface area contributed by atoms with Crippen molar-refractivity contribution in [2.75, 3.05) is 49.1 Å². The lowest BCUT2D eigenvalue weighted by Crippen LogP contribution is -2.43. The number of nitrogens with zero attached hydrogens (tertiary/aromatic N) is 4. The average molecular weight is 481 g/mol. The van der Waals surface area contributed by atoms with E-state index < -0.39 is 23.2 Å². The highest BCUT2D eigenvalue weighted by Gasteiger charge is 2.29. The average Bonchev–Trinajstić information content (AvgIpc) is 3.31. The molecule has 2 aliphatic rings. The van der Waals surface area contributed by atoms with Crippen LogP contribution >= 0.6 is 0 Å². The number of fused-ring (bicyclic) bond motifs is 1. The number of Topliss-reactive ketones (excluding diaryl/α,β-unsaturated/α-hetero) is 1. The zero-order valence-electron chi connectivity index (χ0n) is 18.9. The molecule has 0 unspecified atom stereocenters. The second-order valence-corrected chi connectivity index (χ2v) is 8.44. The molecule has 182 valence electrons. The van der Waals surface area contributed by atoms with Crippen LogP contribution in [-0.4, -0.2) is 65.7 Å². The number of ether oxygens (including phenoxy) is 1. The zero-order valence-corrected chi connectivity index (χ0v) is 18.9. The van der Waals surface area contributed by atoms with Gasteiger partial charge >= 0.3 is 11.7 Å². The minimum absolute atomic E-state index is 0.0399. The number of carbonyl (C=O) groups excluding carboxylic acids is 2. The van der Waals surface area contributed by atoms with Gasteiger partial charge in [0.25, 0.3) is 0 Å². The van der Waals surface area contributed by atoms with Crippen molar-refractivity contribution >= 4 is 28.9 Å². The van der Waals surface area contributed by atoms with Crippen molar-refractivity contribution in [3.05, 3.63) is 64.0 Å². The molecule has 5 rings (SSSR count). The summed E-state index contributed by atoms with van der Waals surface area (Å²) in [4.78, 5) is 46.3. The molecule has 0 aliphatic carbocycles. The number of ketones is 1. The Morgan fingerprint density at radius 3 is 2.57 bits per heavy atom. The third kappa shape index (κ3) is 4.42. The fraction of sp³-hybridized carbons (Fsp3) is 0.333. The number of aryl methyl sites for hydroxylation is 1. The summed E-state index contributed by atoms with van der Waals surface area (Å²) in [6.45, 7) is 3.38. The molecule has 10 nitrogen and oxygen atoms in total. The molecule has 3 aromatic rings. The van der Waals surface area contributed by atoms with Gasteiger partial charge in [0.2, 0.25) is 5.75 Å². The summed E-state index contributed by atoms with van der Waals surface area (Å²) in [6, 6.07) is 7.49. The molecule has 2 aliphatic heterocycles. The Hall–Kier alpha value is -3.99. The summed E-state index contributed by atoms with van der Waals surface area (Å²) in [5.74, 6) is -1.67. The number of benzene rings is 1. The van der Waals surface area contributed by atoms with Gasteiger partial charge in [0.05, 0.1) is 17.9 Å². The maximum atomic E-state index is 13.2. The highest BCUT2D eigenvalue weighted by molar-refractivity contribution is 5.99. The summed E-state index contributed by atoms with van der Waals surface area (Å²) >= 11 is 0. The van der Waals surface area contributed by atoms with Crippen LogP contribution in [0, 0.1) is 5.82 Å². The molecule has 11 heteroatoms. The fourth-order valence-corrected chi connectivity index (χ4v) is 4.33. The number of piperazine rings is 1. The van der Waals surface area contributed by atoms with Gasteiger partial charge in [-0.2, -0.15) is 0 Å². The molecule has 0 radical (unpaired) electrons. The lowest BCUT2D eigenvalue weighted by molar-refractivity contribution is 0.0975. The number of aromatic hydroxyl groups is 1. The van der Waals surface area contributed by atoms with Crippen molar-refractivity contribution in [3.8, 4) is 5.75 Å². The van der Waals surface area contributed by atoms with Crippen LogP contribution in [0.1, 0.15) is 22.5 Å². The van der Waals surface area contributed by atoms with Crippen LogP contribution in [0.3, 0.4) is 0 Å². The minimum atomic E-state index is -0.800. The van der Waals surface area contributed by atoms with E-state index in [0.717, 1.165) is 18.7 Å². The Balaban J connectivity index is 1.56. The monoisotopic (exact) mass is 481 g/mol. The molecule has 0 spiro atoms. The summed E-state index contributed by atoms with van der Waals surface area (Å²) < 4.78 is 19.4. The maximum Gasteiger partial charge on any atom is 0.414 e. The Morgan fingerprint density at radius 2 is 1.89 bits per heavy atom. The van der Waals surface area contributed by atoms with Gasteiger partial charge in [0, 0.05) is 38.8 Å². The highest BCUT2D eigenvalue weighted by Crippen LogP contribution is 2.30. The summed E-state index contributed by atoms with van der Waals surface area (Å²) in [6.07, 6.45) is 1.23. The SMILES string of the molecule is O=C(CCc1ccc(F)cc1)c1nc2c(N3CCOC3=O)cc(N3CCNCC3)cn2c(=O)c1O. The lowest BCUT2D eigenvalue weighted by Gasteiger charge is -2.30. The number of hydrogen-bond donors (Lipinski definition) is 2. The minimum Gasteiger partial charge on any atom is -0.501 e. The Kier molecular flexibility index (Phi) is 6.08. The number of amides is 1. The predicted molar refractivity (Wildman–Crippen MR) is 126 cm³/mol. The van der Waals surface area contributed by atoms with Gasteiger partial charge in [-0.05, 0) is 30.2 Å². The first-order valence-corrected chi connectivity index (χ1v) is 11.4. The van der Waals surface area contributed by atoms with Gasteiger partial charge in [-0.15, -0.1) is 0 Å². The van der Waals surface area contributed by atoms with E-state index in [1.54, 1.807) is 24.4 Å². The summed E-state index contributed by atoms with van der Waals surface area (Å²) in [7, 11) is 0. The Bertz CT molecular complexity index is 1350. The standard InChI is InChI=1S/C24H24FN5O5/c25-16-4-1-15(2-5-16)3-6-19(31)20-21(32)23(33)30-14-17(28-9-7-26-8-10-28)13-18(22(30)27-20)29-11-12-35-24(29)34/h1-2,4-5,13-14,26,32H,3,6-12H2. The Morgan fingerprint density at radius 1 is 1.14 bits per heavy atom. The number of cyclic esters (lactones) is 1. The van der Waals surface area contributed by atoms with Crippen LogP contribution in [0.2, 0.25) is 0 Å². The van der Waals surface area contributed by atoms with E-state index in [0.29, 0.717) is 24.5 Å². The molecular weight excluding hydrogens is 457 g/mol. The van der Waals surface area contributed by atoms with Crippen LogP contribution in [0.4, 0.5) is 20.6 Å². The molecule has 2 fully saturated rings. The van der Waals surface area contributed by atoms with Crippen molar-refractivity contribution in [2.45, 2.75) is 12.8 Å². The maximum absolute atomic E-state index is 13.2. The number of nitrogens with one attached hydrogen (secondary N) is 1. The van der Waals surface area contributed by atoms with E-state index in [4.69, 9.17) is 4.74 Å². The smallest absolute Gasteiger partial charge is 0.414 e. The first-order chi connectivity index (χ1) is 16.9. The van der Waals surface area contributed by atoms with Crippen molar-refractivity contribution in [3.63, 3.8) is 0 Å². The molecule has 2 N–H and O–H groups in total. The van der Waals surface area contributed by atoms with Gasteiger partial charge < -0.3 is 20.1 Å². The third-order valence-electron chi connectivity index (χ3n) is 6.22. The third-order valence-corrected chi connectivity index (χ3v) is 6.22. The quantitative estimate of drug-likeness (QED) is 0.512. The van der Waals surface area contributed by atoms with Crippen molar-refractivity contribution in [2.24, 2.45) is 0 Å². The summed E-state index contributed by atoms with van der Waals surface area (Å²) in [5, 5.41) is 13.9. The largest absolute Gasteiger partial charge is 0.501 e. The molecule has 1 amide bonds. The summed E-state index contributed by atoms with van der Waals surface area (Å²) in [5.41, 5.74) is 0.668. The molecule has 2 saturated heterocycles. The number of carbonyl (C=O) groups is 2. The van der Waals surface area contributed by atoms with Crippen LogP contribution < -0.4 is 20.7 Å². The molecule has 0 bridgehead atoms. The van der Waals surface area contributed by atoms with Gasteiger partial charge in [-0.25, -0.2) is 14.2 Å². The fourth-order valence-electron chi connectivity index (χ4n) is 4.33. The molecule has 0 atom stereocenters. The van der Waals surface area contributed by atoms with E-state index in [-0.39, 0.29) is 43.2 Å². The zero-order chi connectivity index (χ0) is 24.5. The van der Waals surface area contributed by atoms with Gasteiger partial charge in [-0.3, -0.25) is 18.9 Å². The van der Waals surface area contributed by atoms with Gasteiger partial charge in [0.1, 0.15) is 12.4 Å². The second kappa shape index (κ2) is 9.34. The van der Waals surface area contributed by atoms with E-state index in [2.05, 4.69) is 15.2 Å². The first-order valence-electron chi connectivity index (χ1n) is 11.4. The second-order valence-electron chi connectivity index (χ2n) is 8.44.